The van der Waals surface area contributed by atoms with Crippen LogP contribution >= 0.6 is 27.3 Å². The lowest BCUT2D eigenvalue weighted by Gasteiger charge is -2.16. The van der Waals surface area contributed by atoms with Gasteiger partial charge >= 0.3 is 0 Å². The molecule has 1 aromatic heterocycles. The van der Waals surface area contributed by atoms with E-state index in [1.54, 1.807) is 4.90 Å². The quantitative estimate of drug-likeness (QED) is 0.784. The highest BCUT2D eigenvalue weighted by Crippen LogP contribution is 2.28. The van der Waals surface area contributed by atoms with Crippen molar-refractivity contribution in [2.75, 3.05) is 7.05 Å². The van der Waals surface area contributed by atoms with Gasteiger partial charge < -0.3 is 4.90 Å². The van der Waals surface area contributed by atoms with Crippen LogP contribution in [0.1, 0.15) is 33.3 Å². The highest BCUT2D eigenvalue weighted by molar-refractivity contribution is 9.11. The number of hydrogen-bond donors (Lipinski definition) is 0. The van der Waals surface area contributed by atoms with Gasteiger partial charge in [-0.3, -0.25) is 4.79 Å². The molecule has 0 aliphatic heterocycles. The highest BCUT2D eigenvalue weighted by atomic mass is 79.9. The van der Waals surface area contributed by atoms with Crippen molar-refractivity contribution in [3.05, 3.63) is 55.7 Å². The monoisotopic (exact) mass is 351 g/mol. The maximum atomic E-state index is 12.4. The Morgan fingerprint density at radius 3 is 2.35 bits per heavy atom. The normalized spacial score (nSPS) is 10.6. The number of thiophene rings is 1. The lowest BCUT2D eigenvalue weighted by molar-refractivity contribution is 0.0790. The number of carbonyl (C=O) groups excluding carboxylic acids is 1. The summed E-state index contributed by atoms with van der Waals surface area (Å²) in [7, 11) is 1.85. The number of rotatable bonds is 4. The smallest absolute Gasteiger partial charge is 0.264 e. The number of hydrogen-bond acceptors (Lipinski definition) is 2. The molecule has 106 valence electrons. The summed E-state index contributed by atoms with van der Waals surface area (Å²) in [5, 5.41) is 0. The molecule has 0 aliphatic rings. The Morgan fingerprint density at radius 2 is 1.85 bits per heavy atom. The predicted octanol–water partition coefficient (Wildman–Crippen LogP) is 4.65. The first-order valence-corrected chi connectivity index (χ1v) is 8.21. The number of benzene rings is 1. The average molecular weight is 352 g/mol. The van der Waals surface area contributed by atoms with Crippen molar-refractivity contribution in [2.45, 2.75) is 26.8 Å². The first-order valence-electron chi connectivity index (χ1n) is 6.60. The van der Waals surface area contributed by atoms with Crippen molar-refractivity contribution >= 4 is 33.2 Å². The van der Waals surface area contributed by atoms with Gasteiger partial charge in [0.05, 0.1) is 8.66 Å². The summed E-state index contributed by atoms with van der Waals surface area (Å²) in [5.74, 6) is 0.0726. The Labute approximate surface area is 132 Å². The van der Waals surface area contributed by atoms with E-state index in [4.69, 9.17) is 0 Å². The van der Waals surface area contributed by atoms with Gasteiger partial charge in [0, 0.05) is 13.6 Å². The second-order valence-electron chi connectivity index (χ2n) is 4.90. The van der Waals surface area contributed by atoms with E-state index in [1.807, 2.05) is 20.0 Å². The van der Waals surface area contributed by atoms with Gasteiger partial charge in [-0.15, -0.1) is 11.3 Å². The maximum absolute atomic E-state index is 12.4. The van der Waals surface area contributed by atoms with Crippen molar-refractivity contribution in [3.8, 4) is 0 Å². The molecule has 0 fully saturated rings. The van der Waals surface area contributed by atoms with Crippen molar-refractivity contribution in [1.29, 1.82) is 0 Å². The minimum atomic E-state index is 0.0726. The van der Waals surface area contributed by atoms with Crippen LogP contribution < -0.4 is 0 Å². The van der Waals surface area contributed by atoms with Crippen molar-refractivity contribution in [1.82, 2.24) is 4.90 Å². The number of aryl methyl sites for hydroxylation is 2. The molecule has 0 bridgehead atoms. The van der Waals surface area contributed by atoms with Crippen LogP contribution in [0.4, 0.5) is 0 Å². The van der Waals surface area contributed by atoms with Crippen LogP contribution in [-0.4, -0.2) is 17.9 Å². The fourth-order valence-corrected chi connectivity index (χ4v) is 3.51. The lowest BCUT2D eigenvalue weighted by atomic mass is 10.1. The molecule has 1 amide bonds. The first kappa shape index (κ1) is 15.3. The molecule has 0 aliphatic carbocycles. The molecule has 0 saturated carbocycles. The Balaban J connectivity index is 2.06. The van der Waals surface area contributed by atoms with Crippen LogP contribution in [0.3, 0.4) is 0 Å². The zero-order valence-corrected chi connectivity index (χ0v) is 14.3. The molecule has 2 nitrogen and oxygen atoms in total. The second-order valence-corrected chi connectivity index (χ2v) is 7.27. The minimum Gasteiger partial charge on any atom is -0.337 e. The Kier molecular flexibility index (Phi) is 5.00. The third-order valence-corrected chi connectivity index (χ3v) is 5.39. The molecule has 4 heteroatoms. The molecule has 0 atom stereocenters. The van der Waals surface area contributed by atoms with E-state index < -0.39 is 0 Å². The molecule has 0 spiro atoms. The van der Waals surface area contributed by atoms with Gasteiger partial charge in [-0.2, -0.15) is 0 Å². The summed E-state index contributed by atoms with van der Waals surface area (Å²) in [4.78, 5) is 14.9. The molecule has 0 radical (unpaired) electrons. The fourth-order valence-electron chi connectivity index (χ4n) is 1.98. The van der Waals surface area contributed by atoms with E-state index in [-0.39, 0.29) is 5.91 Å². The van der Waals surface area contributed by atoms with Crippen LogP contribution in [0, 0.1) is 6.92 Å². The van der Waals surface area contributed by atoms with E-state index in [0.717, 1.165) is 26.2 Å². The Bertz CT molecular complexity index is 584. The average Bonchev–Trinajstić information content (AvgIpc) is 2.78. The molecule has 0 saturated heterocycles. The molecular formula is C16H18BrNOS. The number of halogens is 1. The van der Waals surface area contributed by atoms with Crippen molar-refractivity contribution < 1.29 is 4.79 Å². The van der Waals surface area contributed by atoms with Gasteiger partial charge in [0.15, 0.2) is 0 Å². The van der Waals surface area contributed by atoms with Gasteiger partial charge in [-0.25, -0.2) is 0 Å². The molecule has 1 aromatic carbocycles. The molecule has 2 rings (SSSR count). The summed E-state index contributed by atoms with van der Waals surface area (Å²) >= 11 is 4.96. The zero-order valence-electron chi connectivity index (χ0n) is 11.9. The fraction of sp³-hybridized carbons (Fsp3) is 0.312. The lowest BCUT2D eigenvalue weighted by Crippen LogP contribution is -2.25. The largest absolute Gasteiger partial charge is 0.337 e. The minimum absolute atomic E-state index is 0.0726. The summed E-state index contributed by atoms with van der Waals surface area (Å²) in [6.07, 6.45) is 1.04. The molecule has 2 aromatic rings. The maximum Gasteiger partial charge on any atom is 0.264 e. The first-order chi connectivity index (χ1) is 9.51. The van der Waals surface area contributed by atoms with Gasteiger partial charge in [0.2, 0.25) is 0 Å². The van der Waals surface area contributed by atoms with Gasteiger partial charge in [0.25, 0.3) is 5.91 Å². The highest BCUT2D eigenvalue weighted by Gasteiger charge is 2.15. The number of nitrogens with zero attached hydrogens (tertiary/aromatic N) is 1. The van der Waals surface area contributed by atoms with E-state index in [9.17, 15) is 4.79 Å². The predicted molar refractivity (Wildman–Crippen MR) is 88.4 cm³/mol. The Morgan fingerprint density at radius 1 is 1.25 bits per heavy atom. The van der Waals surface area contributed by atoms with E-state index in [1.165, 1.54) is 16.9 Å². The standard InChI is InChI=1S/C16H18BrNOS/c1-4-12-5-7-13(8-6-12)10-18(3)16(19)14-9-11(2)15(17)20-14/h5-9H,4,10H2,1-3H3. The zero-order chi connectivity index (χ0) is 14.7. The van der Waals surface area contributed by atoms with E-state index in [0.29, 0.717) is 6.54 Å². The van der Waals surface area contributed by atoms with Gasteiger partial charge in [0.1, 0.15) is 0 Å². The van der Waals surface area contributed by atoms with Crippen LogP contribution in [0.15, 0.2) is 34.1 Å². The third kappa shape index (κ3) is 3.49. The van der Waals surface area contributed by atoms with Crippen LogP contribution in [0.5, 0.6) is 0 Å². The summed E-state index contributed by atoms with van der Waals surface area (Å²) < 4.78 is 1.03. The molecule has 1 heterocycles. The summed E-state index contributed by atoms with van der Waals surface area (Å²) in [5.41, 5.74) is 3.59. The third-order valence-electron chi connectivity index (χ3n) is 3.27. The summed E-state index contributed by atoms with van der Waals surface area (Å²) in [6, 6.07) is 10.4. The SMILES string of the molecule is CCc1ccc(CN(C)C(=O)c2cc(C)c(Br)s2)cc1. The number of amides is 1. The van der Waals surface area contributed by atoms with Crippen molar-refractivity contribution in [2.24, 2.45) is 0 Å². The number of carbonyl (C=O) groups is 1. The van der Waals surface area contributed by atoms with Crippen molar-refractivity contribution in [3.63, 3.8) is 0 Å². The summed E-state index contributed by atoms with van der Waals surface area (Å²) in [6.45, 7) is 4.78. The molecule has 0 unspecified atom stereocenters. The second kappa shape index (κ2) is 6.55. The van der Waals surface area contributed by atoms with E-state index in [2.05, 4.69) is 47.1 Å². The molecule has 20 heavy (non-hydrogen) atoms. The van der Waals surface area contributed by atoms with Gasteiger partial charge in [-0.05, 0) is 52.0 Å². The molecular weight excluding hydrogens is 334 g/mol. The van der Waals surface area contributed by atoms with E-state index >= 15 is 0 Å². The Hall–Kier alpha value is -1.13. The van der Waals surface area contributed by atoms with Crippen LogP contribution in [0.2, 0.25) is 0 Å². The molecule has 0 N–H and O–H groups in total. The topological polar surface area (TPSA) is 20.3 Å². The van der Waals surface area contributed by atoms with Crippen LogP contribution in [-0.2, 0) is 13.0 Å². The van der Waals surface area contributed by atoms with Gasteiger partial charge in [-0.1, -0.05) is 31.2 Å². The van der Waals surface area contributed by atoms with Crippen LogP contribution in [0.25, 0.3) is 0 Å².